The van der Waals surface area contributed by atoms with Crippen LogP contribution in [-0.2, 0) is 16.4 Å². The van der Waals surface area contributed by atoms with Gasteiger partial charge in [-0.15, -0.1) is 0 Å². The molecule has 152 valence electrons. The predicted molar refractivity (Wildman–Crippen MR) is 113 cm³/mol. The molecule has 0 radical (unpaired) electrons. The lowest BCUT2D eigenvalue weighted by molar-refractivity contribution is 0.0981. The zero-order valence-corrected chi connectivity index (χ0v) is 18.2. The monoisotopic (exact) mass is 431 g/mol. The molecule has 6 nitrogen and oxygen atoms in total. The lowest BCUT2D eigenvalue weighted by Gasteiger charge is -2.11. The first-order valence-corrected chi connectivity index (χ1v) is 11.0. The number of nitrogens with one attached hydrogen (secondary N) is 1. The van der Waals surface area contributed by atoms with E-state index in [-0.39, 0.29) is 10.5 Å². The molecule has 0 atom stereocenters. The van der Waals surface area contributed by atoms with Crippen molar-refractivity contribution in [3.63, 3.8) is 0 Å². The molecule has 8 heteroatoms. The summed E-state index contributed by atoms with van der Waals surface area (Å²) in [7, 11) is -4.04. The summed E-state index contributed by atoms with van der Waals surface area (Å²) in [6, 6.07) is 11.2. The van der Waals surface area contributed by atoms with Crippen LogP contribution < -0.4 is 4.72 Å². The highest BCUT2D eigenvalue weighted by molar-refractivity contribution is 7.90. The van der Waals surface area contributed by atoms with Gasteiger partial charge in [0.05, 0.1) is 16.3 Å². The highest BCUT2D eigenvalue weighted by atomic mass is 35.5. The molecule has 1 aromatic heterocycles. The number of halogens is 1. The largest absolute Gasteiger partial charge is 0.268 e. The van der Waals surface area contributed by atoms with E-state index < -0.39 is 15.9 Å². The van der Waals surface area contributed by atoms with Gasteiger partial charge in [-0.1, -0.05) is 24.6 Å². The molecule has 0 saturated heterocycles. The van der Waals surface area contributed by atoms with Crippen molar-refractivity contribution in [1.29, 1.82) is 0 Å². The fourth-order valence-corrected chi connectivity index (χ4v) is 4.78. The summed E-state index contributed by atoms with van der Waals surface area (Å²) in [4.78, 5) is 12.5. The third kappa shape index (κ3) is 4.06. The van der Waals surface area contributed by atoms with Crippen LogP contribution in [0.2, 0.25) is 5.02 Å². The predicted octanol–water partition coefficient (Wildman–Crippen LogP) is 4.13. The van der Waals surface area contributed by atoms with Crippen molar-refractivity contribution in [1.82, 2.24) is 14.5 Å². The van der Waals surface area contributed by atoms with Gasteiger partial charge in [-0.3, -0.25) is 4.79 Å². The van der Waals surface area contributed by atoms with Crippen LogP contribution in [0.5, 0.6) is 0 Å². The highest BCUT2D eigenvalue weighted by Gasteiger charge is 2.22. The molecule has 29 heavy (non-hydrogen) atoms. The number of rotatable bonds is 5. The third-order valence-electron chi connectivity index (χ3n) is 4.90. The smallest absolute Gasteiger partial charge is 0.264 e. The Hall–Kier alpha value is -2.64. The Morgan fingerprint density at radius 2 is 1.76 bits per heavy atom. The average Bonchev–Trinajstić information content (AvgIpc) is 2.97. The molecule has 0 spiro atoms. The molecule has 1 N–H and O–H groups in total. The van der Waals surface area contributed by atoms with Crippen molar-refractivity contribution in [2.75, 3.05) is 0 Å². The molecule has 0 saturated carbocycles. The molecule has 0 unspecified atom stereocenters. The zero-order valence-electron chi connectivity index (χ0n) is 16.7. The van der Waals surface area contributed by atoms with Gasteiger partial charge in [-0.25, -0.2) is 17.8 Å². The van der Waals surface area contributed by atoms with Crippen molar-refractivity contribution >= 4 is 27.5 Å². The Morgan fingerprint density at radius 1 is 1.10 bits per heavy atom. The van der Waals surface area contributed by atoms with Gasteiger partial charge in [0.1, 0.15) is 0 Å². The molecule has 3 aromatic rings. The second-order valence-electron chi connectivity index (χ2n) is 6.76. The van der Waals surface area contributed by atoms with Gasteiger partial charge in [0.25, 0.3) is 15.9 Å². The van der Waals surface area contributed by atoms with Crippen LogP contribution in [0, 0.1) is 20.8 Å². The van der Waals surface area contributed by atoms with E-state index in [4.69, 9.17) is 11.6 Å². The Labute approximate surface area is 175 Å². The fourth-order valence-electron chi connectivity index (χ4n) is 3.31. The third-order valence-corrected chi connectivity index (χ3v) is 6.79. The van der Waals surface area contributed by atoms with Crippen LogP contribution >= 0.6 is 11.6 Å². The number of amides is 1. The number of hydrogen-bond acceptors (Lipinski definition) is 4. The van der Waals surface area contributed by atoms with Gasteiger partial charge >= 0.3 is 0 Å². The van der Waals surface area contributed by atoms with E-state index in [2.05, 4.69) is 16.7 Å². The maximum Gasteiger partial charge on any atom is 0.264 e. The minimum absolute atomic E-state index is 0.0234. The van der Waals surface area contributed by atoms with E-state index in [0.29, 0.717) is 10.6 Å². The SMILES string of the molecule is CCc1c(C)nn(-c2ccc(C(=O)NS(=O)(=O)c3cccc(Cl)c3C)cc2)c1C. The summed E-state index contributed by atoms with van der Waals surface area (Å²) in [5.74, 6) is -0.710. The summed E-state index contributed by atoms with van der Waals surface area (Å²) < 4.78 is 29.1. The second kappa shape index (κ2) is 8.00. The lowest BCUT2D eigenvalue weighted by Crippen LogP contribution is -2.31. The fraction of sp³-hybridized carbons (Fsp3) is 0.238. The van der Waals surface area contributed by atoms with E-state index >= 15 is 0 Å². The maximum absolute atomic E-state index is 12.6. The van der Waals surface area contributed by atoms with Gasteiger partial charge in [-0.05, 0) is 74.7 Å². The average molecular weight is 432 g/mol. The standard InChI is InChI=1S/C21H22ClN3O3S/c1-5-18-14(3)23-25(15(18)4)17-11-9-16(10-12-17)21(26)24-29(27,28)20-8-6-7-19(22)13(20)2/h6-12H,5H2,1-4H3,(H,24,26). The number of aromatic nitrogens is 2. The first-order chi connectivity index (χ1) is 13.7. The summed E-state index contributed by atoms with van der Waals surface area (Å²) in [5.41, 5.74) is 4.62. The van der Waals surface area contributed by atoms with E-state index in [1.165, 1.54) is 17.7 Å². The normalized spacial score (nSPS) is 11.5. The van der Waals surface area contributed by atoms with Crippen molar-refractivity contribution < 1.29 is 13.2 Å². The first kappa shape index (κ1) is 21.1. The molecular formula is C21H22ClN3O3S. The van der Waals surface area contributed by atoms with Crippen LogP contribution in [0.4, 0.5) is 0 Å². The van der Waals surface area contributed by atoms with Crippen molar-refractivity contribution in [3.05, 3.63) is 75.6 Å². The molecule has 0 aliphatic rings. The number of nitrogens with zero attached hydrogens (tertiary/aromatic N) is 2. The summed E-state index contributed by atoms with van der Waals surface area (Å²) >= 11 is 6.00. The van der Waals surface area contributed by atoms with Crippen molar-refractivity contribution in [2.45, 2.75) is 39.0 Å². The highest BCUT2D eigenvalue weighted by Crippen LogP contribution is 2.23. The van der Waals surface area contributed by atoms with Gasteiger partial charge in [0.15, 0.2) is 0 Å². The van der Waals surface area contributed by atoms with Crippen LogP contribution in [0.3, 0.4) is 0 Å². The summed E-state index contributed by atoms with van der Waals surface area (Å²) in [6.45, 7) is 7.64. The van der Waals surface area contributed by atoms with Crippen molar-refractivity contribution in [3.8, 4) is 5.69 Å². The molecule has 2 aromatic carbocycles. The van der Waals surface area contributed by atoms with E-state index in [0.717, 1.165) is 23.5 Å². The van der Waals surface area contributed by atoms with Gasteiger partial charge in [-0.2, -0.15) is 5.10 Å². The molecular weight excluding hydrogens is 410 g/mol. The van der Waals surface area contributed by atoms with E-state index in [9.17, 15) is 13.2 Å². The van der Waals surface area contributed by atoms with Crippen molar-refractivity contribution in [2.24, 2.45) is 0 Å². The Balaban J connectivity index is 1.85. The molecule has 1 amide bonds. The minimum Gasteiger partial charge on any atom is -0.268 e. The Morgan fingerprint density at radius 3 is 2.34 bits per heavy atom. The topological polar surface area (TPSA) is 81.1 Å². The van der Waals surface area contributed by atoms with Gasteiger partial charge in [0.2, 0.25) is 0 Å². The molecule has 3 rings (SSSR count). The van der Waals surface area contributed by atoms with Gasteiger partial charge in [0, 0.05) is 16.3 Å². The molecule has 0 fully saturated rings. The van der Waals surface area contributed by atoms with E-state index in [1.54, 1.807) is 37.3 Å². The van der Waals surface area contributed by atoms with Crippen LogP contribution in [0.1, 0.15) is 39.8 Å². The zero-order chi connectivity index (χ0) is 21.3. The van der Waals surface area contributed by atoms with Crippen LogP contribution in [-0.4, -0.2) is 24.1 Å². The lowest BCUT2D eigenvalue weighted by atomic mass is 10.1. The number of carbonyl (C=O) groups is 1. The quantitative estimate of drug-likeness (QED) is 0.658. The molecule has 0 bridgehead atoms. The van der Waals surface area contributed by atoms with Crippen LogP contribution in [0.25, 0.3) is 5.69 Å². The summed E-state index contributed by atoms with van der Waals surface area (Å²) in [6.07, 6.45) is 0.888. The van der Waals surface area contributed by atoms with E-state index in [1.807, 2.05) is 18.5 Å². The number of sulfonamides is 1. The number of aryl methyl sites for hydroxylation is 1. The molecule has 0 aliphatic heterocycles. The summed E-state index contributed by atoms with van der Waals surface area (Å²) in [5, 5.41) is 4.87. The molecule has 0 aliphatic carbocycles. The Bertz CT molecular complexity index is 1180. The second-order valence-corrected chi connectivity index (χ2v) is 8.82. The van der Waals surface area contributed by atoms with Crippen LogP contribution in [0.15, 0.2) is 47.4 Å². The van der Waals surface area contributed by atoms with Gasteiger partial charge < -0.3 is 0 Å². The number of carbonyl (C=O) groups excluding carboxylic acids is 1. The first-order valence-electron chi connectivity index (χ1n) is 9.13. The minimum atomic E-state index is -4.04. The number of hydrogen-bond donors (Lipinski definition) is 1. The maximum atomic E-state index is 12.6. The molecule has 1 heterocycles. The number of benzene rings is 2. The Kier molecular flexibility index (Phi) is 5.82.